The molecule has 1 amide bonds. The number of benzene rings is 1. The van der Waals surface area contributed by atoms with E-state index in [-0.39, 0.29) is 16.5 Å². The van der Waals surface area contributed by atoms with Crippen molar-refractivity contribution in [3.8, 4) is 0 Å². The third-order valence-electron chi connectivity index (χ3n) is 2.36. The van der Waals surface area contributed by atoms with E-state index in [2.05, 4.69) is 5.32 Å². The molecular weight excluding hydrogens is 273 g/mol. The summed E-state index contributed by atoms with van der Waals surface area (Å²) < 4.78 is 22.9. The Bertz CT molecular complexity index is 415. The van der Waals surface area contributed by atoms with Crippen molar-refractivity contribution in [1.82, 2.24) is 5.32 Å². The number of hydrogen-bond acceptors (Lipinski definition) is 3. The number of rotatable bonds is 8. The van der Waals surface area contributed by atoms with E-state index in [9.17, 15) is 9.18 Å². The van der Waals surface area contributed by atoms with E-state index in [0.717, 1.165) is 6.07 Å². The first-order valence-corrected chi connectivity index (χ1v) is 6.33. The molecule has 0 heterocycles. The van der Waals surface area contributed by atoms with Crippen LogP contribution in [0, 0.1) is 5.82 Å². The summed E-state index contributed by atoms with van der Waals surface area (Å²) >= 11 is 5.78. The molecule has 0 atom stereocenters. The molecule has 0 saturated heterocycles. The smallest absolute Gasteiger partial charge is 0.252 e. The van der Waals surface area contributed by atoms with Gasteiger partial charge in [-0.25, -0.2) is 4.39 Å². The van der Waals surface area contributed by atoms with Crippen LogP contribution < -0.4 is 5.32 Å². The number of amides is 1. The molecule has 0 aliphatic carbocycles. The van der Waals surface area contributed by atoms with Gasteiger partial charge in [0.2, 0.25) is 0 Å². The number of carbonyl (C=O) groups is 1. The number of hydrogen-bond donors (Lipinski definition) is 1. The van der Waals surface area contributed by atoms with Crippen LogP contribution in [-0.4, -0.2) is 39.4 Å². The zero-order chi connectivity index (χ0) is 14.1. The lowest BCUT2D eigenvalue weighted by Crippen LogP contribution is -2.25. The molecule has 106 valence electrons. The minimum atomic E-state index is -0.465. The van der Waals surface area contributed by atoms with E-state index in [1.165, 1.54) is 12.1 Å². The maximum atomic E-state index is 12.8. The average molecular weight is 290 g/mol. The van der Waals surface area contributed by atoms with Crippen LogP contribution >= 0.6 is 11.6 Å². The fraction of sp³-hybridized carbons (Fsp3) is 0.462. The number of halogens is 2. The van der Waals surface area contributed by atoms with Crippen LogP contribution in [0.3, 0.4) is 0 Å². The minimum absolute atomic E-state index is 0.105. The Kier molecular flexibility index (Phi) is 7.40. The molecule has 1 aromatic carbocycles. The van der Waals surface area contributed by atoms with Gasteiger partial charge >= 0.3 is 0 Å². The van der Waals surface area contributed by atoms with E-state index in [1.54, 1.807) is 7.11 Å². The average Bonchev–Trinajstić information content (AvgIpc) is 2.37. The zero-order valence-corrected chi connectivity index (χ0v) is 11.5. The lowest BCUT2D eigenvalue weighted by atomic mass is 10.2. The SMILES string of the molecule is COCCOCCCNC(=O)c1ccc(F)cc1Cl. The van der Waals surface area contributed by atoms with Crippen LogP contribution in [0.1, 0.15) is 16.8 Å². The Morgan fingerprint density at radius 3 is 2.84 bits per heavy atom. The van der Waals surface area contributed by atoms with Gasteiger partial charge in [-0.05, 0) is 24.6 Å². The fourth-order valence-corrected chi connectivity index (χ4v) is 1.64. The monoisotopic (exact) mass is 289 g/mol. The number of ether oxygens (including phenoxy) is 2. The second-order valence-corrected chi connectivity index (χ2v) is 4.25. The van der Waals surface area contributed by atoms with Crippen molar-refractivity contribution in [3.05, 3.63) is 34.6 Å². The van der Waals surface area contributed by atoms with Gasteiger partial charge in [0.15, 0.2) is 0 Å². The van der Waals surface area contributed by atoms with Crippen molar-refractivity contribution in [2.75, 3.05) is 33.5 Å². The van der Waals surface area contributed by atoms with Gasteiger partial charge in [-0.3, -0.25) is 4.79 Å². The van der Waals surface area contributed by atoms with E-state index in [4.69, 9.17) is 21.1 Å². The summed E-state index contributed by atoms with van der Waals surface area (Å²) in [6.07, 6.45) is 0.689. The maximum Gasteiger partial charge on any atom is 0.252 e. The van der Waals surface area contributed by atoms with Gasteiger partial charge in [0.25, 0.3) is 5.91 Å². The van der Waals surface area contributed by atoms with E-state index in [1.807, 2.05) is 0 Å². The van der Waals surface area contributed by atoms with Crippen LogP contribution in [-0.2, 0) is 9.47 Å². The quantitative estimate of drug-likeness (QED) is 0.747. The van der Waals surface area contributed by atoms with Gasteiger partial charge in [-0.15, -0.1) is 0 Å². The molecule has 0 spiro atoms. The molecule has 6 heteroatoms. The Hall–Kier alpha value is -1.17. The van der Waals surface area contributed by atoms with Crippen molar-refractivity contribution in [1.29, 1.82) is 0 Å². The lowest BCUT2D eigenvalue weighted by Gasteiger charge is -2.07. The minimum Gasteiger partial charge on any atom is -0.382 e. The largest absolute Gasteiger partial charge is 0.382 e. The summed E-state index contributed by atoms with van der Waals surface area (Å²) in [6.45, 7) is 2.10. The predicted molar refractivity (Wildman–Crippen MR) is 71.1 cm³/mol. The molecule has 1 rings (SSSR count). The molecule has 1 N–H and O–H groups in total. The zero-order valence-electron chi connectivity index (χ0n) is 10.7. The highest BCUT2D eigenvalue weighted by Gasteiger charge is 2.10. The van der Waals surface area contributed by atoms with Crippen molar-refractivity contribution in [3.63, 3.8) is 0 Å². The Morgan fingerprint density at radius 2 is 2.16 bits per heavy atom. The van der Waals surface area contributed by atoms with E-state index >= 15 is 0 Å². The first-order chi connectivity index (χ1) is 9.15. The first-order valence-electron chi connectivity index (χ1n) is 5.95. The van der Waals surface area contributed by atoms with Crippen molar-refractivity contribution >= 4 is 17.5 Å². The van der Waals surface area contributed by atoms with Crippen LogP contribution in [0.2, 0.25) is 5.02 Å². The van der Waals surface area contributed by atoms with Crippen LogP contribution in [0.15, 0.2) is 18.2 Å². The molecule has 4 nitrogen and oxygen atoms in total. The van der Waals surface area contributed by atoms with Gasteiger partial charge in [0.1, 0.15) is 5.82 Å². The lowest BCUT2D eigenvalue weighted by molar-refractivity contribution is 0.0688. The third-order valence-corrected chi connectivity index (χ3v) is 2.67. The number of nitrogens with one attached hydrogen (secondary N) is 1. The van der Waals surface area contributed by atoms with E-state index in [0.29, 0.717) is 32.8 Å². The molecular formula is C13H17ClFNO3. The summed E-state index contributed by atoms with van der Waals surface area (Å²) in [5, 5.41) is 2.80. The molecule has 0 aliphatic heterocycles. The standard InChI is InChI=1S/C13H17ClFNO3/c1-18-7-8-19-6-2-5-16-13(17)11-4-3-10(15)9-12(11)14/h3-4,9H,2,5-8H2,1H3,(H,16,17). The van der Waals surface area contributed by atoms with E-state index < -0.39 is 5.82 Å². The van der Waals surface area contributed by atoms with Crippen molar-refractivity contribution in [2.45, 2.75) is 6.42 Å². The number of carbonyl (C=O) groups excluding carboxylic acids is 1. The van der Waals surface area contributed by atoms with Gasteiger partial charge in [-0.1, -0.05) is 11.6 Å². The summed E-state index contributed by atoms with van der Waals surface area (Å²) in [5.74, 6) is -0.782. The van der Waals surface area contributed by atoms with Crippen molar-refractivity contribution < 1.29 is 18.7 Å². The second-order valence-electron chi connectivity index (χ2n) is 3.84. The highest BCUT2D eigenvalue weighted by molar-refractivity contribution is 6.33. The third kappa shape index (κ3) is 6.00. The second kappa shape index (κ2) is 8.85. The summed E-state index contributed by atoms with van der Waals surface area (Å²) in [5.41, 5.74) is 0.267. The molecule has 0 aliphatic rings. The van der Waals surface area contributed by atoms with Crippen LogP contribution in [0.5, 0.6) is 0 Å². The number of methoxy groups -OCH3 is 1. The fourth-order valence-electron chi connectivity index (χ4n) is 1.39. The van der Waals surface area contributed by atoms with Gasteiger partial charge < -0.3 is 14.8 Å². The van der Waals surface area contributed by atoms with Crippen molar-refractivity contribution in [2.24, 2.45) is 0 Å². The molecule has 0 aromatic heterocycles. The molecule has 19 heavy (non-hydrogen) atoms. The summed E-state index contributed by atoms with van der Waals surface area (Å²) in [6, 6.07) is 3.68. The first kappa shape index (κ1) is 15.9. The highest BCUT2D eigenvalue weighted by Crippen LogP contribution is 2.16. The summed E-state index contributed by atoms with van der Waals surface area (Å²) in [4.78, 5) is 11.7. The van der Waals surface area contributed by atoms with Gasteiger partial charge in [0.05, 0.1) is 23.8 Å². The molecule has 0 bridgehead atoms. The van der Waals surface area contributed by atoms with Crippen LogP contribution in [0.25, 0.3) is 0 Å². The van der Waals surface area contributed by atoms with Gasteiger partial charge in [0, 0.05) is 20.3 Å². The molecule has 0 fully saturated rings. The Morgan fingerprint density at radius 1 is 1.37 bits per heavy atom. The maximum absolute atomic E-state index is 12.8. The predicted octanol–water partition coefficient (Wildman–Crippen LogP) is 2.26. The topological polar surface area (TPSA) is 47.6 Å². The Labute approximate surface area is 116 Å². The highest BCUT2D eigenvalue weighted by atomic mass is 35.5. The molecule has 1 aromatic rings. The van der Waals surface area contributed by atoms with Gasteiger partial charge in [-0.2, -0.15) is 0 Å². The molecule has 0 saturated carbocycles. The molecule has 0 radical (unpaired) electrons. The molecule has 0 unspecified atom stereocenters. The summed E-state index contributed by atoms with van der Waals surface area (Å²) in [7, 11) is 1.61. The van der Waals surface area contributed by atoms with Crippen LogP contribution in [0.4, 0.5) is 4.39 Å². The normalized spacial score (nSPS) is 10.5. The Balaban J connectivity index is 2.24.